The second-order valence-electron chi connectivity index (χ2n) is 9.03. The number of methoxy groups -OCH3 is 1. The van der Waals surface area contributed by atoms with Crippen molar-refractivity contribution in [2.24, 2.45) is 0 Å². The topological polar surface area (TPSA) is 27.7 Å². The predicted octanol–water partition coefficient (Wildman–Crippen LogP) is 6.84. The molecule has 0 fully saturated rings. The van der Waals surface area contributed by atoms with E-state index in [4.69, 9.17) is 27.1 Å². The van der Waals surface area contributed by atoms with E-state index in [1.807, 2.05) is 67.6 Å². The predicted molar refractivity (Wildman–Crippen MR) is 194 cm³/mol. The Morgan fingerprint density at radius 3 is 1.65 bits per heavy atom. The lowest BCUT2D eigenvalue weighted by Gasteiger charge is -2.11. The Morgan fingerprint density at radius 1 is 0.542 bits per heavy atom. The fraction of sp³-hybridized carbons (Fsp3) is 0.0667. The minimum absolute atomic E-state index is 0.546. The van der Waals surface area contributed by atoms with Gasteiger partial charge in [-0.25, -0.2) is 0 Å². The number of benzene rings is 3. The van der Waals surface area contributed by atoms with Crippen molar-refractivity contribution < 1.29 is 14.2 Å². The van der Waals surface area contributed by atoms with Crippen LogP contribution in [0, 0.1) is 127 Å². The Kier molecular flexibility index (Phi) is 14.5. The number of aryl methyl sites for hydroxylation is 1. The Hall–Kier alpha value is -7.86. The lowest BCUT2D eigenvalue weighted by molar-refractivity contribution is 0.412. The molecule has 3 aromatic rings. The van der Waals surface area contributed by atoms with Crippen LogP contribution in [0.2, 0.25) is 0 Å². The smallest absolute Gasteiger partial charge is 0.148 e. The molecule has 0 bridgehead atoms. The van der Waals surface area contributed by atoms with Crippen LogP contribution in [0.25, 0.3) is 29.4 Å². The van der Waals surface area contributed by atoms with E-state index in [0.29, 0.717) is 17.2 Å². The summed E-state index contributed by atoms with van der Waals surface area (Å²) in [6, 6.07) is 17.7. The fourth-order valence-electron chi connectivity index (χ4n) is 3.84. The third kappa shape index (κ3) is 11.7. The van der Waals surface area contributed by atoms with E-state index in [0.717, 1.165) is 33.4 Å². The van der Waals surface area contributed by atoms with Gasteiger partial charge in [0.15, 0.2) is 0 Å². The third-order valence-electron chi connectivity index (χ3n) is 5.85. The molecule has 0 amide bonds. The van der Waals surface area contributed by atoms with Gasteiger partial charge in [0.25, 0.3) is 0 Å². The Bertz CT molecular complexity index is 2350. The van der Waals surface area contributed by atoms with Gasteiger partial charge in [0, 0.05) is 58.5 Å². The molecule has 0 unspecified atom stereocenters. The van der Waals surface area contributed by atoms with E-state index >= 15 is 0 Å². The minimum atomic E-state index is 0.546. The molecule has 0 radical (unpaired) electrons. The average molecular weight is 613 g/mol. The Balaban J connectivity index is 1.86. The molecule has 222 valence electrons. The summed E-state index contributed by atoms with van der Waals surface area (Å²) in [4.78, 5) is 0. The van der Waals surface area contributed by atoms with Crippen LogP contribution in [0.1, 0.15) is 29.2 Å². The molecule has 0 atom stereocenters. The summed E-state index contributed by atoms with van der Waals surface area (Å²) >= 11 is 0. The highest BCUT2D eigenvalue weighted by Gasteiger charge is 2.10. The van der Waals surface area contributed by atoms with Crippen LogP contribution in [-0.2, 0) is 0 Å². The Labute approximate surface area is 283 Å². The molecule has 0 aliphatic carbocycles. The minimum Gasteiger partial charge on any atom is -0.496 e. The largest absolute Gasteiger partial charge is 0.496 e. The van der Waals surface area contributed by atoms with Gasteiger partial charge in [-0.2, -0.15) is 0 Å². The number of rotatable bonds is 7. The molecule has 0 saturated carbocycles. The van der Waals surface area contributed by atoms with Crippen molar-refractivity contribution in [2.75, 3.05) is 7.11 Å². The van der Waals surface area contributed by atoms with Crippen LogP contribution in [0.4, 0.5) is 0 Å². The van der Waals surface area contributed by atoms with Gasteiger partial charge in [0.1, 0.15) is 29.5 Å². The summed E-state index contributed by atoms with van der Waals surface area (Å²) in [5.74, 6) is 41.5. The normalized spacial score (nSPS) is 8.44. The second kappa shape index (κ2) is 20.2. The van der Waals surface area contributed by atoms with Gasteiger partial charge in [-0.15, -0.1) is 12.8 Å². The van der Waals surface area contributed by atoms with Gasteiger partial charge < -0.3 is 14.2 Å². The van der Waals surface area contributed by atoms with Crippen molar-refractivity contribution in [1.29, 1.82) is 0 Å². The molecular weight excluding hydrogens is 588 g/mol. The van der Waals surface area contributed by atoms with Crippen LogP contribution in [0.3, 0.4) is 0 Å². The molecule has 0 aliphatic heterocycles. The maximum absolute atomic E-state index is 5.76. The first-order valence-corrected chi connectivity index (χ1v) is 14.1. The zero-order valence-electron chi connectivity index (χ0n) is 26.4. The molecule has 0 saturated heterocycles. The maximum Gasteiger partial charge on any atom is 0.148 e. The fourth-order valence-corrected chi connectivity index (χ4v) is 3.84. The van der Waals surface area contributed by atoms with Crippen molar-refractivity contribution in [1.82, 2.24) is 0 Å². The molecule has 0 aliphatic rings. The van der Waals surface area contributed by atoms with E-state index in [2.05, 4.69) is 132 Å². The summed E-state index contributed by atoms with van der Waals surface area (Å²) in [6.45, 7) is 3.97. The Morgan fingerprint density at radius 2 is 1.06 bits per heavy atom. The van der Waals surface area contributed by atoms with E-state index in [1.54, 1.807) is 7.11 Å². The molecule has 3 heteroatoms. The highest BCUT2D eigenvalue weighted by molar-refractivity contribution is 5.83. The summed E-state index contributed by atoms with van der Waals surface area (Å²) in [6.07, 6.45) is 23.1. The van der Waals surface area contributed by atoms with Gasteiger partial charge >= 0.3 is 0 Å². The molecule has 0 spiro atoms. The molecule has 48 heavy (non-hydrogen) atoms. The highest BCUT2D eigenvalue weighted by Crippen LogP contribution is 2.33. The third-order valence-corrected chi connectivity index (χ3v) is 5.85. The molecule has 3 rings (SSSR count). The zero-order chi connectivity index (χ0) is 34.2. The number of allylic oxidation sites excluding steroid dienone is 1. The van der Waals surface area contributed by atoms with Crippen LogP contribution < -0.4 is 14.2 Å². The number of hydrogen-bond donors (Lipinski definition) is 0. The van der Waals surface area contributed by atoms with Crippen molar-refractivity contribution in [3.05, 3.63) is 82.9 Å². The molecule has 0 aromatic heterocycles. The number of ether oxygens (including phenoxy) is 3. The zero-order valence-corrected chi connectivity index (χ0v) is 26.4. The lowest BCUT2D eigenvalue weighted by atomic mass is 9.96. The second-order valence-corrected chi connectivity index (χ2v) is 9.03. The molecule has 3 aromatic carbocycles. The number of terminal acetylenes is 2. The van der Waals surface area contributed by atoms with Crippen molar-refractivity contribution in [2.45, 2.75) is 13.8 Å². The van der Waals surface area contributed by atoms with Gasteiger partial charge in [-0.05, 0) is 102 Å². The molecular formula is C45H24O3. The van der Waals surface area contributed by atoms with Gasteiger partial charge in [-0.3, -0.25) is 0 Å². The van der Waals surface area contributed by atoms with Crippen molar-refractivity contribution >= 4 is 18.2 Å². The van der Waals surface area contributed by atoms with Crippen LogP contribution in [-0.4, -0.2) is 7.11 Å². The maximum atomic E-state index is 5.76. The highest BCUT2D eigenvalue weighted by atomic mass is 16.5. The van der Waals surface area contributed by atoms with Gasteiger partial charge in [0.2, 0.25) is 0 Å². The van der Waals surface area contributed by atoms with Crippen molar-refractivity contribution in [3.8, 4) is 148 Å². The van der Waals surface area contributed by atoms with E-state index in [9.17, 15) is 0 Å². The van der Waals surface area contributed by atoms with E-state index in [-0.39, 0.29) is 0 Å². The summed E-state index contributed by atoms with van der Waals surface area (Å²) in [5, 5.41) is 0. The van der Waals surface area contributed by atoms with Crippen LogP contribution >= 0.6 is 0 Å². The summed E-state index contributed by atoms with van der Waals surface area (Å²) < 4.78 is 17.0. The summed E-state index contributed by atoms with van der Waals surface area (Å²) in [7, 11) is 1.63. The molecule has 0 N–H and O–H groups in total. The average Bonchev–Trinajstić information content (AvgIpc) is 3.10. The van der Waals surface area contributed by atoms with Crippen molar-refractivity contribution in [3.63, 3.8) is 0 Å². The monoisotopic (exact) mass is 612 g/mol. The van der Waals surface area contributed by atoms with Crippen LogP contribution in [0.5, 0.6) is 17.2 Å². The van der Waals surface area contributed by atoms with E-state index in [1.165, 1.54) is 0 Å². The first kappa shape index (κ1) is 34.6. The quantitative estimate of drug-likeness (QED) is 0.216. The summed E-state index contributed by atoms with van der Waals surface area (Å²) in [5.41, 5.74) is 5.77. The lowest BCUT2D eigenvalue weighted by Crippen LogP contribution is -1.93. The molecule has 3 nitrogen and oxygen atoms in total. The number of hydrogen-bond acceptors (Lipinski definition) is 3. The van der Waals surface area contributed by atoms with Gasteiger partial charge in [0.05, 0.1) is 7.11 Å². The van der Waals surface area contributed by atoms with E-state index < -0.39 is 0 Å². The SMILES string of the molecule is C#CC#CC#CC#CC#COc1ccc(-c2cc(C)ccc2/C=C/c2cc(OC#CC#CC#CC#CC#C)c(/C=C/C)cc2OC)cc1. The first-order valence-electron chi connectivity index (χ1n) is 14.1. The standard InChI is InChI=1S/C45H24O3/c1-6-9-11-13-15-17-19-21-32-47-42-30-28-39(29-31-42)43-34-37(4)24-25-38(43)26-27-41-36-45(40(23-8-3)35-44(41)46-5)48-33-22-20-18-16-14-12-10-7-2/h1-2,8,23-31,34-36H,3-5H3/b23-8+,27-26+. The first-order chi connectivity index (χ1) is 23.6. The molecule has 0 heterocycles. The van der Waals surface area contributed by atoms with Gasteiger partial charge in [-0.1, -0.05) is 60.2 Å². The van der Waals surface area contributed by atoms with Crippen LogP contribution in [0.15, 0.2) is 60.7 Å².